The quantitative estimate of drug-likeness (QED) is 0.683. The van der Waals surface area contributed by atoms with Crippen molar-refractivity contribution in [2.24, 2.45) is 0 Å². The summed E-state index contributed by atoms with van der Waals surface area (Å²) >= 11 is 6.05. The van der Waals surface area contributed by atoms with E-state index in [1.165, 1.54) is 11.1 Å². The normalized spacial score (nSPS) is 14.3. The molecule has 19 heavy (non-hydrogen) atoms. The fourth-order valence-electron chi connectivity index (χ4n) is 2.33. The van der Waals surface area contributed by atoms with Crippen LogP contribution in [-0.4, -0.2) is 0 Å². The maximum Gasteiger partial charge on any atom is 0.0412 e. The molecule has 0 spiro atoms. The van der Waals surface area contributed by atoms with Gasteiger partial charge in [0.2, 0.25) is 0 Å². The van der Waals surface area contributed by atoms with Gasteiger partial charge in [-0.05, 0) is 40.0 Å². The molecular weight excluding hydrogens is 252 g/mol. The summed E-state index contributed by atoms with van der Waals surface area (Å²) in [7, 11) is 0. The first-order valence-corrected chi connectivity index (χ1v) is 6.56. The molecule has 1 aliphatic carbocycles. The van der Waals surface area contributed by atoms with Crippen LogP contribution in [0.2, 0.25) is 5.02 Å². The molecular formula is C18H13Cl. The van der Waals surface area contributed by atoms with Gasteiger partial charge in [0.05, 0.1) is 0 Å². The molecule has 0 fully saturated rings. The number of benzene rings is 2. The SMILES string of the molecule is C=C1C(c2ccccc2)=CC=C1c1cccc(Cl)c1. The van der Waals surface area contributed by atoms with E-state index in [4.69, 9.17) is 11.6 Å². The van der Waals surface area contributed by atoms with Crippen LogP contribution in [0.25, 0.3) is 11.1 Å². The number of hydrogen-bond donors (Lipinski definition) is 0. The summed E-state index contributed by atoms with van der Waals surface area (Å²) in [6, 6.07) is 18.2. The molecule has 0 aromatic heterocycles. The Morgan fingerprint density at radius 1 is 0.737 bits per heavy atom. The van der Waals surface area contributed by atoms with E-state index < -0.39 is 0 Å². The minimum atomic E-state index is 0.749. The first-order valence-electron chi connectivity index (χ1n) is 6.19. The van der Waals surface area contributed by atoms with E-state index in [1.54, 1.807) is 0 Å². The summed E-state index contributed by atoms with van der Waals surface area (Å²) in [6.07, 6.45) is 4.23. The van der Waals surface area contributed by atoms with Crippen LogP contribution in [0, 0.1) is 0 Å². The van der Waals surface area contributed by atoms with Gasteiger partial charge < -0.3 is 0 Å². The zero-order chi connectivity index (χ0) is 13.2. The van der Waals surface area contributed by atoms with Crippen molar-refractivity contribution < 1.29 is 0 Å². The predicted octanol–water partition coefficient (Wildman–Crippen LogP) is 5.38. The molecule has 3 rings (SSSR count). The van der Waals surface area contributed by atoms with E-state index in [-0.39, 0.29) is 0 Å². The number of rotatable bonds is 2. The molecule has 1 heteroatoms. The lowest BCUT2D eigenvalue weighted by molar-refractivity contribution is 1.58. The van der Waals surface area contributed by atoms with Gasteiger partial charge in [-0.3, -0.25) is 0 Å². The van der Waals surface area contributed by atoms with Crippen molar-refractivity contribution in [3.63, 3.8) is 0 Å². The van der Waals surface area contributed by atoms with Gasteiger partial charge >= 0.3 is 0 Å². The minimum Gasteiger partial charge on any atom is -0.0905 e. The molecule has 0 unspecified atom stereocenters. The van der Waals surface area contributed by atoms with E-state index in [1.807, 2.05) is 36.4 Å². The number of allylic oxidation sites excluding steroid dienone is 5. The third-order valence-electron chi connectivity index (χ3n) is 3.29. The highest BCUT2D eigenvalue weighted by molar-refractivity contribution is 6.30. The maximum atomic E-state index is 6.05. The minimum absolute atomic E-state index is 0.749. The molecule has 0 radical (unpaired) electrons. The Morgan fingerprint density at radius 2 is 1.37 bits per heavy atom. The summed E-state index contributed by atoms with van der Waals surface area (Å²) in [5, 5.41) is 0.749. The predicted molar refractivity (Wildman–Crippen MR) is 83.0 cm³/mol. The van der Waals surface area contributed by atoms with E-state index in [0.29, 0.717) is 0 Å². The van der Waals surface area contributed by atoms with Crippen LogP contribution in [-0.2, 0) is 0 Å². The van der Waals surface area contributed by atoms with Crippen molar-refractivity contribution in [3.05, 3.63) is 95.1 Å². The molecule has 0 saturated carbocycles. The van der Waals surface area contributed by atoms with Crippen molar-refractivity contribution in [1.82, 2.24) is 0 Å². The molecule has 0 aliphatic heterocycles. The Labute approximate surface area is 118 Å². The summed E-state index contributed by atoms with van der Waals surface area (Å²) < 4.78 is 0. The Bertz CT molecular complexity index is 691. The van der Waals surface area contributed by atoms with Gasteiger partial charge in [0.25, 0.3) is 0 Å². The van der Waals surface area contributed by atoms with Crippen LogP contribution in [0.4, 0.5) is 0 Å². The second-order valence-corrected chi connectivity index (χ2v) is 4.95. The molecule has 0 saturated heterocycles. The number of hydrogen-bond acceptors (Lipinski definition) is 0. The highest BCUT2D eigenvalue weighted by atomic mass is 35.5. The van der Waals surface area contributed by atoms with E-state index in [2.05, 4.69) is 36.9 Å². The second kappa shape index (κ2) is 4.91. The third kappa shape index (κ3) is 2.27. The van der Waals surface area contributed by atoms with Gasteiger partial charge in [0.1, 0.15) is 0 Å². The topological polar surface area (TPSA) is 0 Å². The van der Waals surface area contributed by atoms with Crippen molar-refractivity contribution in [2.45, 2.75) is 0 Å². The first kappa shape index (κ1) is 12.0. The van der Waals surface area contributed by atoms with Crippen molar-refractivity contribution in [1.29, 1.82) is 0 Å². The molecule has 0 atom stereocenters. The van der Waals surface area contributed by atoms with Gasteiger partial charge in [-0.25, -0.2) is 0 Å². The molecule has 0 amide bonds. The highest BCUT2D eigenvalue weighted by Gasteiger charge is 2.16. The van der Waals surface area contributed by atoms with Crippen LogP contribution < -0.4 is 0 Å². The van der Waals surface area contributed by atoms with Crippen molar-refractivity contribution >= 4 is 22.7 Å². The summed E-state index contributed by atoms with van der Waals surface area (Å²) in [6.45, 7) is 4.22. The zero-order valence-corrected chi connectivity index (χ0v) is 11.2. The molecule has 0 bridgehead atoms. The van der Waals surface area contributed by atoms with Gasteiger partial charge in [0.15, 0.2) is 0 Å². The van der Waals surface area contributed by atoms with E-state index in [9.17, 15) is 0 Å². The van der Waals surface area contributed by atoms with E-state index >= 15 is 0 Å². The Kier molecular flexibility index (Phi) is 3.10. The molecule has 1 aliphatic rings. The Balaban J connectivity index is 1.93. The lowest BCUT2D eigenvalue weighted by Crippen LogP contribution is -1.88. The van der Waals surface area contributed by atoms with Crippen LogP contribution in [0.5, 0.6) is 0 Å². The Morgan fingerprint density at radius 3 is 2.05 bits per heavy atom. The van der Waals surface area contributed by atoms with E-state index in [0.717, 1.165) is 21.7 Å². The largest absolute Gasteiger partial charge is 0.0905 e. The average Bonchev–Trinajstić information content (AvgIpc) is 2.81. The summed E-state index contributed by atoms with van der Waals surface area (Å²) in [4.78, 5) is 0. The van der Waals surface area contributed by atoms with Gasteiger partial charge in [-0.15, -0.1) is 0 Å². The number of halogens is 1. The molecule has 2 aromatic rings. The standard InChI is InChI=1S/C18H13Cl/c1-13-17(14-6-3-2-4-7-14)10-11-18(13)15-8-5-9-16(19)12-15/h2-12H,1H2. The fraction of sp³-hybridized carbons (Fsp3) is 0. The van der Waals surface area contributed by atoms with Gasteiger partial charge in [-0.2, -0.15) is 0 Å². The molecule has 0 nitrogen and oxygen atoms in total. The average molecular weight is 265 g/mol. The first-order chi connectivity index (χ1) is 9.25. The van der Waals surface area contributed by atoms with Crippen LogP contribution in [0.15, 0.2) is 78.9 Å². The second-order valence-electron chi connectivity index (χ2n) is 4.52. The monoisotopic (exact) mass is 264 g/mol. The van der Waals surface area contributed by atoms with Crippen molar-refractivity contribution in [3.8, 4) is 0 Å². The third-order valence-corrected chi connectivity index (χ3v) is 3.52. The molecule has 0 N–H and O–H groups in total. The lowest BCUT2D eigenvalue weighted by atomic mass is 9.94. The highest BCUT2D eigenvalue weighted by Crippen LogP contribution is 2.38. The zero-order valence-electron chi connectivity index (χ0n) is 10.4. The fourth-order valence-corrected chi connectivity index (χ4v) is 2.52. The van der Waals surface area contributed by atoms with Gasteiger partial charge in [0, 0.05) is 5.02 Å². The molecule has 0 heterocycles. The van der Waals surface area contributed by atoms with Crippen molar-refractivity contribution in [2.75, 3.05) is 0 Å². The maximum absolute atomic E-state index is 6.05. The van der Waals surface area contributed by atoms with Crippen LogP contribution >= 0.6 is 11.6 Å². The summed E-state index contributed by atoms with van der Waals surface area (Å²) in [5.74, 6) is 0. The molecule has 2 aromatic carbocycles. The van der Waals surface area contributed by atoms with Crippen LogP contribution in [0.1, 0.15) is 11.1 Å². The lowest BCUT2D eigenvalue weighted by Gasteiger charge is -2.10. The van der Waals surface area contributed by atoms with Crippen LogP contribution in [0.3, 0.4) is 0 Å². The van der Waals surface area contributed by atoms with Gasteiger partial charge in [-0.1, -0.05) is 72.8 Å². The Hall–Kier alpha value is -2.05. The smallest absolute Gasteiger partial charge is 0.0412 e. The summed E-state index contributed by atoms with van der Waals surface area (Å²) in [5.41, 5.74) is 5.67. The molecule has 92 valence electrons.